The Labute approximate surface area is 171 Å². The Bertz CT molecular complexity index is 967. The summed E-state index contributed by atoms with van der Waals surface area (Å²) in [5.74, 6) is 0.119. The lowest BCUT2D eigenvalue weighted by molar-refractivity contribution is 0.0940. The van der Waals surface area contributed by atoms with Crippen LogP contribution in [-0.2, 0) is 21.3 Å². The molecule has 0 radical (unpaired) electrons. The highest BCUT2D eigenvalue weighted by Gasteiger charge is 2.34. The molecule has 0 spiro atoms. The number of imidazole rings is 1. The first-order valence-corrected chi connectivity index (χ1v) is 11.3. The standard InChI is InChI=1S/C20H28N4O4S/c1-4-15(5-2)12-21-20(25)19-17-13-23(10-11-28-3)29(26,27)18-9-7-6-8-16(18)24(17)14-22-19/h6-9,14-15H,4-5,10-13H2,1-3H3,(H,21,25). The van der Waals surface area contributed by atoms with Gasteiger partial charge in [-0.05, 0) is 18.1 Å². The molecular weight excluding hydrogens is 392 g/mol. The summed E-state index contributed by atoms with van der Waals surface area (Å²) < 4.78 is 34.5. The van der Waals surface area contributed by atoms with Crippen molar-refractivity contribution in [3.05, 3.63) is 42.0 Å². The Hall–Kier alpha value is -2.23. The number of ether oxygens (including phenoxy) is 1. The van der Waals surface area contributed by atoms with Gasteiger partial charge in [-0.3, -0.25) is 9.36 Å². The summed E-state index contributed by atoms with van der Waals surface area (Å²) in [5.41, 5.74) is 1.30. The number of para-hydroxylation sites is 1. The molecule has 158 valence electrons. The van der Waals surface area contributed by atoms with Gasteiger partial charge >= 0.3 is 0 Å². The predicted molar refractivity (Wildman–Crippen MR) is 109 cm³/mol. The normalized spacial score (nSPS) is 15.6. The van der Waals surface area contributed by atoms with Crippen LogP contribution < -0.4 is 5.32 Å². The Morgan fingerprint density at radius 3 is 2.69 bits per heavy atom. The topological polar surface area (TPSA) is 93.5 Å². The molecular formula is C20H28N4O4S. The van der Waals surface area contributed by atoms with Crippen LogP contribution >= 0.6 is 0 Å². The second-order valence-corrected chi connectivity index (χ2v) is 9.01. The number of nitrogens with zero attached hydrogens (tertiary/aromatic N) is 3. The zero-order valence-corrected chi connectivity index (χ0v) is 17.9. The maximum atomic E-state index is 13.2. The Kier molecular flexibility index (Phi) is 6.71. The van der Waals surface area contributed by atoms with Gasteiger partial charge in [-0.25, -0.2) is 13.4 Å². The van der Waals surface area contributed by atoms with Crippen LogP contribution in [0.15, 0.2) is 35.5 Å². The van der Waals surface area contributed by atoms with E-state index in [-0.39, 0.29) is 36.2 Å². The van der Waals surface area contributed by atoms with Gasteiger partial charge in [0.2, 0.25) is 10.0 Å². The van der Waals surface area contributed by atoms with Crippen LogP contribution in [0.3, 0.4) is 0 Å². The third-order valence-corrected chi connectivity index (χ3v) is 7.29. The van der Waals surface area contributed by atoms with E-state index < -0.39 is 10.0 Å². The number of nitrogens with one attached hydrogen (secondary N) is 1. The molecule has 2 aromatic rings. The fourth-order valence-corrected chi connectivity index (χ4v) is 5.04. The number of aromatic nitrogens is 2. The number of carbonyl (C=O) groups is 1. The van der Waals surface area contributed by atoms with E-state index in [1.807, 2.05) is 0 Å². The monoisotopic (exact) mass is 420 g/mol. The summed E-state index contributed by atoms with van der Waals surface area (Å²) in [6, 6.07) is 6.77. The summed E-state index contributed by atoms with van der Waals surface area (Å²) in [7, 11) is -2.21. The van der Waals surface area contributed by atoms with Gasteiger partial charge in [0, 0.05) is 20.2 Å². The van der Waals surface area contributed by atoms with E-state index in [4.69, 9.17) is 4.74 Å². The van der Waals surface area contributed by atoms with Crippen molar-refractivity contribution in [1.82, 2.24) is 19.2 Å². The van der Waals surface area contributed by atoms with E-state index in [1.54, 1.807) is 28.8 Å². The lowest BCUT2D eigenvalue weighted by atomic mass is 10.0. The molecule has 0 bridgehead atoms. The van der Waals surface area contributed by atoms with Crippen molar-refractivity contribution in [2.24, 2.45) is 5.92 Å². The summed E-state index contributed by atoms with van der Waals surface area (Å²) in [6.45, 7) is 5.25. The van der Waals surface area contributed by atoms with Gasteiger partial charge in [-0.15, -0.1) is 0 Å². The van der Waals surface area contributed by atoms with E-state index in [0.29, 0.717) is 23.8 Å². The minimum absolute atomic E-state index is 0.0497. The SMILES string of the molecule is CCC(CC)CNC(=O)c1ncn2c1CN(CCOC)S(=O)(=O)c1ccccc1-2. The quantitative estimate of drug-likeness (QED) is 0.707. The van der Waals surface area contributed by atoms with Crippen molar-refractivity contribution >= 4 is 15.9 Å². The molecule has 9 heteroatoms. The van der Waals surface area contributed by atoms with Crippen molar-refractivity contribution in [1.29, 1.82) is 0 Å². The number of hydrogen-bond donors (Lipinski definition) is 1. The fraction of sp³-hybridized carbons (Fsp3) is 0.500. The molecule has 1 aliphatic heterocycles. The summed E-state index contributed by atoms with van der Waals surface area (Å²) in [5, 5.41) is 2.95. The molecule has 0 unspecified atom stereocenters. The van der Waals surface area contributed by atoms with Crippen molar-refractivity contribution in [3.8, 4) is 5.69 Å². The number of hydrogen-bond acceptors (Lipinski definition) is 5. The number of amides is 1. The minimum Gasteiger partial charge on any atom is -0.383 e. The highest BCUT2D eigenvalue weighted by Crippen LogP contribution is 2.31. The molecule has 0 atom stereocenters. The summed E-state index contributed by atoms with van der Waals surface area (Å²) in [6.07, 6.45) is 3.48. The van der Waals surface area contributed by atoms with E-state index in [0.717, 1.165) is 12.8 Å². The van der Waals surface area contributed by atoms with E-state index in [2.05, 4.69) is 24.1 Å². The van der Waals surface area contributed by atoms with Gasteiger partial charge < -0.3 is 10.1 Å². The van der Waals surface area contributed by atoms with Crippen molar-refractivity contribution in [2.75, 3.05) is 26.8 Å². The summed E-state index contributed by atoms with van der Waals surface area (Å²) >= 11 is 0. The largest absolute Gasteiger partial charge is 0.383 e. The van der Waals surface area contributed by atoms with Gasteiger partial charge in [0.25, 0.3) is 5.91 Å². The molecule has 1 aromatic heterocycles. The maximum absolute atomic E-state index is 13.2. The van der Waals surface area contributed by atoms with Gasteiger partial charge in [0.15, 0.2) is 5.69 Å². The molecule has 1 N–H and O–H groups in total. The number of methoxy groups -OCH3 is 1. The maximum Gasteiger partial charge on any atom is 0.271 e. The van der Waals surface area contributed by atoms with Crippen LogP contribution in [0.5, 0.6) is 0 Å². The zero-order chi connectivity index (χ0) is 21.0. The zero-order valence-electron chi connectivity index (χ0n) is 17.1. The van der Waals surface area contributed by atoms with Crippen molar-refractivity contribution in [3.63, 3.8) is 0 Å². The first-order chi connectivity index (χ1) is 13.9. The molecule has 0 saturated carbocycles. The van der Waals surface area contributed by atoms with Crippen molar-refractivity contribution < 1.29 is 17.9 Å². The highest BCUT2D eigenvalue weighted by atomic mass is 32.2. The first kappa shape index (κ1) is 21.5. The molecule has 8 nitrogen and oxygen atoms in total. The number of carbonyl (C=O) groups excluding carboxylic acids is 1. The van der Waals surface area contributed by atoms with Crippen LogP contribution in [0.25, 0.3) is 5.69 Å². The third kappa shape index (κ3) is 4.22. The van der Waals surface area contributed by atoms with Crippen LogP contribution in [0.2, 0.25) is 0 Å². The number of sulfonamides is 1. The minimum atomic E-state index is -3.73. The fourth-order valence-electron chi connectivity index (χ4n) is 3.48. The lowest BCUT2D eigenvalue weighted by Gasteiger charge is -2.20. The number of rotatable bonds is 8. The Morgan fingerprint density at radius 1 is 1.28 bits per heavy atom. The predicted octanol–water partition coefficient (Wildman–Crippen LogP) is 2.19. The molecule has 0 aliphatic carbocycles. The lowest BCUT2D eigenvalue weighted by Crippen LogP contribution is -2.34. The number of fused-ring (bicyclic) bond motifs is 3. The van der Waals surface area contributed by atoms with Gasteiger partial charge in [0.1, 0.15) is 11.2 Å². The van der Waals surface area contributed by atoms with E-state index >= 15 is 0 Å². The smallest absolute Gasteiger partial charge is 0.271 e. The van der Waals surface area contributed by atoms with E-state index in [1.165, 1.54) is 17.7 Å². The Morgan fingerprint density at radius 2 is 2.00 bits per heavy atom. The highest BCUT2D eigenvalue weighted by molar-refractivity contribution is 7.89. The van der Waals surface area contributed by atoms with Crippen LogP contribution in [0, 0.1) is 5.92 Å². The average molecular weight is 421 g/mol. The van der Waals surface area contributed by atoms with Gasteiger partial charge in [-0.2, -0.15) is 4.31 Å². The molecule has 29 heavy (non-hydrogen) atoms. The molecule has 2 heterocycles. The van der Waals surface area contributed by atoms with E-state index in [9.17, 15) is 13.2 Å². The molecule has 1 amide bonds. The first-order valence-electron chi connectivity index (χ1n) is 9.86. The van der Waals surface area contributed by atoms with Crippen LogP contribution in [0.1, 0.15) is 42.9 Å². The molecule has 0 saturated heterocycles. The average Bonchev–Trinajstić information content (AvgIpc) is 3.11. The van der Waals surface area contributed by atoms with Crippen LogP contribution in [-0.4, -0.2) is 55.0 Å². The molecule has 3 rings (SSSR count). The van der Waals surface area contributed by atoms with Gasteiger partial charge in [-0.1, -0.05) is 38.8 Å². The van der Waals surface area contributed by atoms with Crippen LogP contribution in [0.4, 0.5) is 0 Å². The van der Waals surface area contributed by atoms with Crippen molar-refractivity contribution in [2.45, 2.75) is 38.1 Å². The van der Waals surface area contributed by atoms with Gasteiger partial charge in [0.05, 0.1) is 24.5 Å². The third-order valence-electron chi connectivity index (χ3n) is 5.40. The number of benzene rings is 1. The second-order valence-electron chi connectivity index (χ2n) is 7.10. The molecule has 1 aromatic carbocycles. The Balaban J connectivity index is 2.01. The molecule has 1 aliphatic rings. The molecule has 0 fully saturated rings. The second kappa shape index (κ2) is 9.06. The summed E-state index contributed by atoms with van der Waals surface area (Å²) in [4.78, 5) is 17.4.